The molecule has 4 aromatic rings. The second-order valence-corrected chi connectivity index (χ2v) is 7.97. The first-order chi connectivity index (χ1) is 17.1. The van der Waals surface area contributed by atoms with Gasteiger partial charge < -0.3 is 15.2 Å². The normalized spacial score (nSPS) is 12.1. The quantitative estimate of drug-likeness (QED) is 0.115. The Balaban J connectivity index is 0.000000532. The van der Waals surface area contributed by atoms with Gasteiger partial charge in [0.25, 0.3) is 0 Å². The summed E-state index contributed by atoms with van der Waals surface area (Å²) in [5.74, 6) is -10.2. The molecule has 0 aliphatic rings. The fourth-order valence-electron chi connectivity index (χ4n) is 3.37. The molecule has 0 saturated carbocycles. The van der Waals surface area contributed by atoms with E-state index in [1.807, 2.05) is 0 Å². The first-order valence-corrected chi connectivity index (χ1v) is 10.9. The van der Waals surface area contributed by atoms with Crippen LogP contribution in [0.5, 0.6) is 0 Å². The van der Waals surface area contributed by atoms with E-state index in [-0.39, 0.29) is 38.0 Å². The van der Waals surface area contributed by atoms with Crippen molar-refractivity contribution in [1.82, 2.24) is 9.97 Å². The minimum Gasteiger partial charge on any atom is -0.393 e. The van der Waals surface area contributed by atoms with Crippen molar-refractivity contribution in [3.8, 4) is 33.8 Å². The zero-order valence-electron chi connectivity index (χ0n) is 19.6. The topological polar surface area (TPSA) is 66.2 Å². The van der Waals surface area contributed by atoms with Gasteiger partial charge in [-0.25, -0.2) is 22.0 Å². The largest absolute Gasteiger partial charge is 0.393 e. The van der Waals surface area contributed by atoms with Crippen LogP contribution in [0.2, 0.25) is 0 Å². The summed E-state index contributed by atoms with van der Waals surface area (Å²) >= 11 is 0. The smallest absolute Gasteiger partial charge is 0.200 e. The van der Waals surface area contributed by atoms with Crippen molar-refractivity contribution in [2.45, 2.75) is 32.5 Å². The van der Waals surface area contributed by atoms with Gasteiger partial charge in [0.15, 0.2) is 23.3 Å². The molecule has 0 bridgehead atoms. The van der Waals surface area contributed by atoms with E-state index in [1.54, 1.807) is 68.4 Å². The Morgan fingerprint density at radius 1 is 0.757 bits per heavy atom. The van der Waals surface area contributed by atoms with Crippen molar-refractivity contribution < 1.29 is 52.3 Å². The minimum atomic E-state index is -2.23. The summed E-state index contributed by atoms with van der Waals surface area (Å²) in [5.41, 5.74) is 0.0747. The van der Waals surface area contributed by atoms with Crippen molar-refractivity contribution in [1.29, 1.82) is 0 Å². The fraction of sp³-hybridized carbons (Fsp3) is 0.185. The zero-order chi connectivity index (χ0) is 26.4. The predicted octanol–water partition coefficient (Wildman–Crippen LogP) is 6.11. The maximum absolute atomic E-state index is 14.3. The Hall–Kier alpha value is -3.04. The molecular formula is C27H22F5IrN2O2-. The molecule has 1 aromatic heterocycles. The molecule has 1 radical (unpaired) electrons. The van der Waals surface area contributed by atoms with Gasteiger partial charge in [0.05, 0.1) is 29.2 Å². The Bertz CT molecular complexity index is 1290. The standard InChI is InChI=1S/C22H10F5N2.C5H12O2.Ir/c23-16-15(17(24)19(26)20(27)18(16)25)14-11-28-21(12-7-3-1-4-8-12)22(29-14)13-9-5-2-6-10-13;1-4(6)3-5(2)7;/h1-7,9-11H;4-7H,3H2,1-2H3;/q-1;;. The number of aliphatic hydroxyl groups excluding tert-OH is 2. The van der Waals surface area contributed by atoms with Crippen LogP contribution in [0.15, 0.2) is 60.8 Å². The van der Waals surface area contributed by atoms with Gasteiger partial charge in [-0.2, -0.15) is 0 Å². The molecule has 2 N–H and O–H groups in total. The van der Waals surface area contributed by atoms with Crippen molar-refractivity contribution >= 4 is 0 Å². The van der Waals surface area contributed by atoms with Gasteiger partial charge in [0.1, 0.15) is 0 Å². The molecular weight excluding hydrogens is 672 g/mol. The molecule has 0 amide bonds. The molecule has 37 heavy (non-hydrogen) atoms. The molecule has 0 spiro atoms. The van der Waals surface area contributed by atoms with Crippen molar-refractivity contribution in [3.05, 3.63) is 95.9 Å². The van der Waals surface area contributed by atoms with Gasteiger partial charge in [0, 0.05) is 32.0 Å². The molecule has 197 valence electrons. The maximum Gasteiger partial charge on any atom is 0.200 e. The van der Waals surface area contributed by atoms with E-state index in [0.717, 1.165) is 6.20 Å². The molecule has 0 aliphatic heterocycles. The van der Waals surface area contributed by atoms with Crippen molar-refractivity contribution in [3.63, 3.8) is 0 Å². The molecule has 2 unspecified atom stereocenters. The molecule has 10 heteroatoms. The molecule has 4 rings (SSSR count). The van der Waals surface area contributed by atoms with E-state index in [1.165, 1.54) is 0 Å². The summed E-state index contributed by atoms with van der Waals surface area (Å²) in [7, 11) is 0. The number of nitrogens with zero attached hydrogens (tertiary/aromatic N) is 2. The third kappa shape index (κ3) is 7.26. The average molecular weight is 694 g/mol. The molecule has 1 heterocycles. The Morgan fingerprint density at radius 2 is 1.30 bits per heavy atom. The summed E-state index contributed by atoms with van der Waals surface area (Å²) in [4.78, 5) is 8.40. The van der Waals surface area contributed by atoms with E-state index in [2.05, 4.69) is 16.0 Å². The maximum atomic E-state index is 14.3. The molecule has 3 aromatic carbocycles. The van der Waals surface area contributed by atoms with E-state index >= 15 is 0 Å². The third-order valence-electron chi connectivity index (χ3n) is 4.93. The van der Waals surface area contributed by atoms with Crippen LogP contribution >= 0.6 is 0 Å². The fourth-order valence-corrected chi connectivity index (χ4v) is 3.37. The van der Waals surface area contributed by atoms with Gasteiger partial charge in [0.2, 0.25) is 5.82 Å². The van der Waals surface area contributed by atoms with E-state index in [0.29, 0.717) is 23.2 Å². The van der Waals surface area contributed by atoms with Crippen molar-refractivity contribution in [2.75, 3.05) is 0 Å². The summed E-state index contributed by atoms with van der Waals surface area (Å²) in [6.45, 7) is 3.32. The number of hydrogen-bond donors (Lipinski definition) is 2. The number of aliphatic hydroxyl groups is 2. The third-order valence-corrected chi connectivity index (χ3v) is 4.93. The van der Waals surface area contributed by atoms with Crippen LogP contribution in [0.1, 0.15) is 20.3 Å². The van der Waals surface area contributed by atoms with Gasteiger partial charge in [-0.1, -0.05) is 30.3 Å². The molecule has 0 aliphatic carbocycles. The van der Waals surface area contributed by atoms with E-state index < -0.39 is 40.3 Å². The first kappa shape index (κ1) is 30.2. The monoisotopic (exact) mass is 694 g/mol. The van der Waals surface area contributed by atoms with Gasteiger partial charge in [-0.15, -0.1) is 35.9 Å². The van der Waals surface area contributed by atoms with Crippen LogP contribution in [-0.4, -0.2) is 32.4 Å². The summed E-state index contributed by atoms with van der Waals surface area (Å²) < 4.78 is 69.2. The summed E-state index contributed by atoms with van der Waals surface area (Å²) in [6.07, 6.45) is 0.695. The van der Waals surface area contributed by atoms with E-state index in [4.69, 9.17) is 10.2 Å². The predicted molar refractivity (Wildman–Crippen MR) is 125 cm³/mol. The van der Waals surface area contributed by atoms with Gasteiger partial charge in [-0.05, 0) is 25.8 Å². The number of halogens is 5. The van der Waals surface area contributed by atoms with Gasteiger partial charge in [-0.3, -0.25) is 4.98 Å². The van der Waals surface area contributed by atoms with Crippen LogP contribution in [0.25, 0.3) is 33.8 Å². The second-order valence-electron chi connectivity index (χ2n) is 7.97. The first-order valence-electron chi connectivity index (χ1n) is 10.9. The summed E-state index contributed by atoms with van der Waals surface area (Å²) in [5, 5.41) is 17.1. The Labute approximate surface area is 224 Å². The number of rotatable bonds is 5. The SMILES string of the molecule is CC(O)CC(C)O.Fc1c(F)c(F)c(-c2cnc(-c3[c-]cccc3)c(-c3ccccc3)n2)c(F)c1F.[Ir]. The number of hydrogen-bond acceptors (Lipinski definition) is 4. The van der Waals surface area contributed by atoms with E-state index in [9.17, 15) is 22.0 Å². The van der Waals surface area contributed by atoms with Crippen LogP contribution < -0.4 is 0 Å². The van der Waals surface area contributed by atoms with Gasteiger partial charge >= 0.3 is 0 Å². The Kier molecular flexibility index (Phi) is 11.0. The zero-order valence-corrected chi connectivity index (χ0v) is 22.0. The van der Waals surface area contributed by atoms with Crippen LogP contribution in [0, 0.1) is 35.2 Å². The molecule has 0 saturated heterocycles. The minimum absolute atomic E-state index is 0. The number of benzene rings is 3. The van der Waals surface area contributed by atoms with Crippen LogP contribution in [0.4, 0.5) is 22.0 Å². The molecule has 2 atom stereocenters. The molecule has 0 fully saturated rings. The van der Waals surface area contributed by atoms with Crippen LogP contribution in [-0.2, 0) is 20.1 Å². The van der Waals surface area contributed by atoms with Crippen molar-refractivity contribution in [2.24, 2.45) is 0 Å². The van der Waals surface area contributed by atoms with Crippen LogP contribution in [0.3, 0.4) is 0 Å². The summed E-state index contributed by atoms with van der Waals surface area (Å²) in [6, 6.07) is 18.5. The number of aromatic nitrogens is 2. The second kappa shape index (κ2) is 13.5. The molecule has 4 nitrogen and oxygen atoms in total. The average Bonchev–Trinajstić information content (AvgIpc) is 2.87. The Morgan fingerprint density at radius 3 is 1.78 bits per heavy atom.